The van der Waals surface area contributed by atoms with E-state index in [2.05, 4.69) is 22.0 Å². The number of hydrogen-bond acceptors (Lipinski definition) is 2. The number of carbonyl (C=O) groups excluding carboxylic acids is 1. The van der Waals surface area contributed by atoms with Gasteiger partial charge in [0.15, 0.2) is 0 Å². The molecule has 5 rings (SSSR count). The van der Waals surface area contributed by atoms with Gasteiger partial charge in [-0.25, -0.2) is 4.79 Å². The average molecular weight is 444 g/mol. The number of methoxy groups -OCH3 is 1. The first-order chi connectivity index (χ1) is 15.7. The van der Waals surface area contributed by atoms with E-state index >= 15 is 0 Å². The minimum atomic E-state index is -0.364. The third kappa shape index (κ3) is 3.61. The van der Waals surface area contributed by atoms with Gasteiger partial charge in [0.1, 0.15) is 11.8 Å². The van der Waals surface area contributed by atoms with E-state index in [-0.39, 0.29) is 12.1 Å². The smallest absolute Gasteiger partial charge is 0.322 e. The van der Waals surface area contributed by atoms with Gasteiger partial charge in [-0.3, -0.25) is 0 Å². The standard InChI is InChI=1S/C26H22ClN3O2/c1-32-20-10-6-9-19(16-20)28-26(31)30-17-18-8-2-5-13-23(18)29-15-7-14-24(29)25(30)21-11-3-4-12-22(21)27/h2-16,25H,17H2,1H3,(H,28,31)/t25-/m0/s1. The predicted molar refractivity (Wildman–Crippen MR) is 127 cm³/mol. The van der Waals surface area contributed by atoms with Crippen molar-refractivity contribution in [3.05, 3.63) is 113 Å². The normalized spacial score (nSPS) is 14.8. The van der Waals surface area contributed by atoms with Crippen molar-refractivity contribution < 1.29 is 9.53 Å². The van der Waals surface area contributed by atoms with Crippen molar-refractivity contribution in [3.63, 3.8) is 0 Å². The quantitative estimate of drug-likeness (QED) is 0.405. The summed E-state index contributed by atoms with van der Waals surface area (Å²) >= 11 is 6.64. The van der Waals surface area contributed by atoms with Crippen molar-refractivity contribution in [1.29, 1.82) is 0 Å². The van der Waals surface area contributed by atoms with Gasteiger partial charge in [0.05, 0.1) is 25.0 Å². The number of carbonyl (C=O) groups is 1. The zero-order valence-electron chi connectivity index (χ0n) is 17.5. The summed E-state index contributed by atoms with van der Waals surface area (Å²) < 4.78 is 7.45. The number of nitrogens with one attached hydrogen (secondary N) is 1. The van der Waals surface area contributed by atoms with Gasteiger partial charge in [-0.1, -0.05) is 54.1 Å². The third-order valence-electron chi connectivity index (χ3n) is 5.75. The maximum atomic E-state index is 13.7. The number of nitrogens with zero attached hydrogens (tertiary/aromatic N) is 2. The van der Waals surface area contributed by atoms with Crippen LogP contribution in [-0.2, 0) is 6.54 Å². The summed E-state index contributed by atoms with van der Waals surface area (Å²) in [6, 6.07) is 26.6. The molecule has 6 heteroatoms. The van der Waals surface area contributed by atoms with Crippen molar-refractivity contribution in [2.24, 2.45) is 0 Å². The molecule has 4 aromatic rings. The summed E-state index contributed by atoms with van der Waals surface area (Å²) in [7, 11) is 1.61. The topological polar surface area (TPSA) is 46.5 Å². The molecule has 5 nitrogen and oxygen atoms in total. The number of para-hydroxylation sites is 1. The Morgan fingerprint density at radius 1 is 1.00 bits per heavy atom. The number of aromatic nitrogens is 1. The summed E-state index contributed by atoms with van der Waals surface area (Å²) in [5.41, 5.74) is 4.63. The Morgan fingerprint density at radius 2 is 1.81 bits per heavy atom. The summed E-state index contributed by atoms with van der Waals surface area (Å²) in [6.45, 7) is 0.434. The molecule has 0 spiro atoms. The largest absolute Gasteiger partial charge is 0.497 e. The second-order valence-electron chi connectivity index (χ2n) is 7.65. The molecule has 2 amide bonds. The van der Waals surface area contributed by atoms with Gasteiger partial charge in [0.25, 0.3) is 0 Å². The van der Waals surface area contributed by atoms with Gasteiger partial charge in [-0.2, -0.15) is 0 Å². The third-order valence-corrected chi connectivity index (χ3v) is 6.09. The van der Waals surface area contributed by atoms with Crippen LogP contribution in [0.5, 0.6) is 5.75 Å². The molecule has 0 aliphatic carbocycles. The van der Waals surface area contributed by atoms with E-state index in [1.165, 1.54) is 0 Å². The molecule has 2 heterocycles. The fourth-order valence-corrected chi connectivity index (χ4v) is 4.50. The Bertz CT molecular complexity index is 1280. The van der Waals surface area contributed by atoms with Gasteiger partial charge >= 0.3 is 6.03 Å². The van der Waals surface area contributed by atoms with Crippen molar-refractivity contribution >= 4 is 23.3 Å². The number of hydrogen-bond donors (Lipinski definition) is 1. The first kappa shape index (κ1) is 20.2. The maximum absolute atomic E-state index is 13.7. The lowest BCUT2D eigenvalue weighted by atomic mass is 10.0. The first-order valence-electron chi connectivity index (χ1n) is 10.4. The van der Waals surface area contributed by atoms with Crippen molar-refractivity contribution in [1.82, 2.24) is 9.47 Å². The van der Waals surface area contributed by atoms with Crippen molar-refractivity contribution in [3.8, 4) is 11.4 Å². The average Bonchev–Trinajstić information content (AvgIpc) is 3.24. The van der Waals surface area contributed by atoms with Crippen LogP contribution in [0.3, 0.4) is 0 Å². The number of rotatable bonds is 3. The van der Waals surface area contributed by atoms with E-state index in [4.69, 9.17) is 16.3 Å². The zero-order valence-corrected chi connectivity index (χ0v) is 18.3. The first-order valence-corrected chi connectivity index (χ1v) is 10.7. The Balaban J connectivity index is 1.63. The van der Waals surface area contributed by atoms with Crippen LogP contribution in [0, 0.1) is 0 Å². The Morgan fingerprint density at radius 3 is 2.66 bits per heavy atom. The molecule has 0 bridgehead atoms. The molecular weight excluding hydrogens is 422 g/mol. The van der Waals surface area contributed by atoms with Gasteiger partial charge in [-0.05, 0) is 47.5 Å². The van der Waals surface area contributed by atoms with Crippen LogP contribution in [0.15, 0.2) is 91.1 Å². The molecule has 3 aromatic carbocycles. The van der Waals surface area contributed by atoms with Crippen LogP contribution in [-0.4, -0.2) is 22.6 Å². The summed E-state index contributed by atoms with van der Waals surface area (Å²) in [5.74, 6) is 0.681. The lowest BCUT2D eigenvalue weighted by Crippen LogP contribution is -2.38. The highest BCUT2D eigenvalue weighted by molar-refractivity contribution is 6.31. The highest BCUT2D eigenvalue weighted by Gasteiger charge is 2.34. The molecule has 1 atom stereocenters. The molecule has 32 heavy (non-hydrogen) atoms. The van der Waals surface area contributed by atoms with Crippen LogP contribution >= 0.6 is 11.6 Å². The number of benzene rings is 3. The minimum Gasteiger partial charge on any atom is -0.497 e. The number of anilines is 1. The molecule has 1 aromatic heterocycles. The van der Waals surface area contributed by atoms with Crippen LogP contribution in [0.2, 0.25) is 5.02 Å². The number of amides is 2. The van der Waals surface area contributed by atoms with E-state index < -0.39 is 0 Å². The Hall–Kier alpha value is -3.70. The molecule has 0 unspecified atom stereocenters. The van der Waals surface area contributed by atoms with Crippen molar-refractivity contribution in [2.45, 2.75) is 12.6 Å². The van der Waals surface area contributed by atoms with Crippen LogP contribution < -0.4 is 10.1 Å². The second kappa shape index (κ2) is 8.44. The molecule has 0 saturated carbocycles. The fraction of sp³-hybridized carbons (Fsp3) is 0.115. The molecule has 0 radical (unpaired) electrons. The van der Waals surface area contributed by atoms with Crippen LogP contribution in [0.1, 0.15) is 22.9 Å². The molecule has 160 valence electrons. The number of fused-ring (bicyclic) bond motifs is 3. The Kier molecular flexibility index (Phi) is 5.33. The molecule has 1 aliphatic rings. The van der Waals surface area contributed by atoms with Crippen LogP contribution in [0.4, 0.5) is 10.5 Å². The summed E-state index contributed by atoms with van der Waals surface area (Å²) in [4.78, 5) is 15.5. The maximum Gasteiger partial charge on any atom is 0.322 e. The van der Waals surface area contributed by atoms with Gasteiger partial charge < -0.3 is 19.5 Å². The van der Waals surface area contributed by atoms with E-state index in [0.717, 1.165) is 22.5 Å². The predicted octanol–water partition coefficient (Wildman–Crippen LogP) is 6.28. The second-order valence-corrected chi connectivity index (χ2v) is 8.05. The lowest BCUT2D eigenvalue weighted by Gasteiger charge is -2.31. The van der Waals surface area contributed by atoms with E-state index in [1.54, 1.807) is 13.2 Å². The molecule has 1 N–H and O–H groups in total. The van der Waals surface area contributed by atoms with E-state index in [9.17, 15) is 4.79 Å². The zero-order chi connectivity index (χ0) is 22.1. The Labute approximate surface area is 191 Å². The summed E-state index contributed by atoms with van der Waals surface area (Å²) in [6.07, 6.45) is 2.03. The molecular formula is C26H22ClN3O2. The van der Waals surface area contributed by atoms with Crippen LogP contribution in [0.25, 0.3) is 5.69 Å². The monoisotopic (exact) mass is 443 g/mol. The SMILES string of the molecule is COc1cccc(NC(=O)N2Cc3ccccc3-n3cccc3[C@@H]2c2ccccc2Cl)c1. The van der Waals surface area contributed by atoms with E-state index in [1.807, 2.05) is 77.8 Å². The van der Waals surface area contributed by atoms with E-state index in [0.29, 0.717) is 23.0 Å². The number of ether oxygens (including phenoxy) is 1. The number of urea groups is 1. The number of halogens is 1. The molecule has 0 saturated heterocycles. The van der Waals surface area contributed by atoms with Gasteiger partial charge in [0, 0.05) is 23.0 Å². The van der Waals surface area contributed by atoms with Gasteiger partial charge in [-0.15, -0.1) is 0 Å². The van der Waals surface area contributed by atoms with Gasteiger partial charge in [0.2, 0.25) is 0 Å². The summed E-state index contributed by atoms with van der Waals surface area (Å²) in [5, 5.41) is 3.66. The fourth-order valence-electron chi connectivity index (χ4n) is 4.26. The highest BCUT2D eigenvalue weighted by atomic mass is 35.5. The lowest BCUT2D eigenvalue weighted by molar-refractivity contribution is 0.194. The highest BCUT2D eigenvalue weighted by Crippen LogP contribution is 2.39. The molecule has 1 aliphatic heterocycles. The minimum absolute atomic E-state index is 0.215. The molecule has 0 fully saturated rings. The van der Waals surface area contributed by atoms with Crippen molar-refractivity contribution in [2.75, 3.05) is 12.4 Å².